The number of carbonyl (C=O) groups is 1. The number of allylic oxidation sites excluding steroid dienone is 6. The molecule has 2 saturated heterocycles. The zero-order valence-electron chi connectivity index (χ0n) is 55.8. The molecule has 2 aliphatic heterocycles. The number of unbranched alkanes of at least 4 members (excludes halogenated alkanes) is 42. The van der Waals surface area contributed by atoms with Crippen LogP contribution in [0, 0.1) is 0 Å². The highest BCUT2D eigenvalue weighted by Gasteiger charge is 2.51. The highest BCUT2D eigenvalue weighted by molar-refractivity contribution is 5.76. The summed E-state index contributed by atoms with van der Waals surface area (Å²) in [5, 5.41) is 87.7. The van der Waals surface area contributed by atoms with E-state index < -0.39 is 86.8 Å². The van der Waals surface area contributed by atoms with E-state index in [1.54, 1.807) is 0 Å². The van der Waals surface area contributed by atoms with Crippen molar-refractivity contribution in [1.82, 2.24) is 5.32 Å². The maximum absolute atomic E-state index is 13.3. The summed E-state index contributed by atoms with van der Waals surface area (Å²) in [6.07, 6.45) is 57.4. The molecule has 2 aliphatic rings. The molecule has 1 amide bonds. The molecule has 0 aliphatic carbocycles. The third-order valence-corrected chi connectivity index (χ3v) is 18.1. The van der Waals surface area contributed by atoms with Gasteiger partial charge < -0.3 is 65.1 Å². The molecule has 0 aromatic heterocycles. The molecule has 2 rings (SSSR count). The Morgan fingerprint density at radius 3 is 1.16 bits per heavy atom. The number of ether oxygens (including phenoxy) is 4. The van der Waals surface area contributed by atoms with Gasteiger partial charge >= 0.3 is 0 Å². The van der Waals surface area contributed by atoms with Crippen molar-refractivity contribution in [3.05, 3.63) is 36.5 Å². The van der Waals surface area contributed by atoms with Crippen LogP contribution in [-0.4, -0.2) is 140 Å². The Labute approximate surface area is 531 Å². The van der Waals surface area contributed by atoms with Crippen molar-refractivity contribution in [2.24, 2.45) is 0 Å². The lowest BCUT2D eigenvalue weighted by Gasteiger charge is -2.46. The number of nitrogens with one attached hydrogen (secondary N) is 1. The lowest BCUT2D eigenvalue weighted by Crippen LogP contribution is -2.65. The Kier molecular flexibility index (Phi) is 54.3. The van der Waals surface area contributed by atoms with E-state index in [0.29, 0.717) is 19.3 Å². The predicted octanol–water partition coefficient (Wildman–Crippen LogP) is 15.3. The molecule has 9 N–H and O–H groups in total. The van der Waals surface area contributed by atoms with E-state index in [9.17, 15) is 45.6 Å². The molecule has 2 heterocycles. The number of aliphatic hydroxyl groups is 8. The second kappa shape index (κ2) is 58.1. The lowest BCUT2D eigenvalue weighted by atomic mass is 9.97. The number of carbonyl (C=O) groups excluding carboxylic acids is 1. The van der Waals surface area contributed by atoms with E-state index >= 15 is 0 Å². The van der Waals surface area contributed by atoms with Crippen LogP contribution in [0.25, 0.3) is 0 Å². The first-order valence-electron chi connectivity index (χ1n) is 36.7. The summed E-state index contributed by atoms with van der Waals surface area (Å²) in [4.78, 5) is 13.3. The summed E-state index contributed by atoms with van der Waals surface area (Å²) in [5.74, 6) is -0.215. The highest BCUT2D eigenvalue weighted by atomic mass is 16.7. The molecule has 0 aromatic carbocycles. The van der Waals surface area contributed by atoms with Crippen molar-refractivity contribution in [3.8, 4) is 0 Å². The van der Waals surface area contributed by atoms with Crippen molar-refractivity contribution >= 4 is 5.91 Å². The summed E-state index contributed by atoms with van der Waals surface area (Å²) < 4.78 is 22.9. The van der Waals surface area contributed by atoms with Crippen LogP contribution in [-0.2, 0) is 23.7 Å². The van der Waals surface area contributed by atoms with E-state index in [1.165, 1.54) is 218 Å². The second-order valence-electron chi connectivity index (χ2n) is 26.1. The Bertz CT molecular complexity index is 1600. The zero-order valence-corrected chi connectivity index (χ0v) is 55.8. The molecule has 0 radical (unpaired) electrons. The van der Waals surface area contributed by atoms with Gasteiger partial charge in [-0.15, -0.1) is 0 Å². The normalized spacial score (nSPS) is 23.4. The Morgan fingerprint density at radius 1 is 0.414 bits per heavy atom. The van der Waals surface area contributed by atoms with Crippen LogP contribution in [0.5, 0.6) is 0 Å². The van der Waals surface area contributed by atoms with Crippen LogP contribution in [0.3, 0.4) is 0 Å². The molecule has 2 fully saturated rings. The molecule has 0 saturated carbocycles. The van der Waals surface area contributed by atoms with E-state index in [4.69, 9.17) is 18.9 Å². The van der Waals surface area contributed by atoms with Crippen molar-refractivity contribution in [1.29, 1.82) is 0 Å². The summed E-state index contributed by atoms with van der Waals surface area (Å²) in [6.45, 7) is 2.89. The van der Waals surface area contributed by atoms with E-state index in [1.807, 2.05) is 0 Å². The maximum Gasteiger partial charge on any atom is 0.220 e. The number of aliphatic hydroxyl groups excluding tert-OH is 8. The van der Waals surface area contributed by atoms with Gasteiger partial charge in [-0.25, -0.2) is 0 Å². The molecular weight excluding hydrogens is 1100 g/mol. The minimum Gasteiger partial charge on any atom is -0.394 e. The molecular formula is C73H137NO13. The van der Waals surface area contributed by atoms with Gasteiger partial charge in [0.15, 0.2) is 12.6 Å². The smallest absolute Gasteiger partial charge is 0.220 e. The van der Waals surface area contributed by atoms with E-state index in [2.05, 4.69) is 55.6 Å². The van der Waals surface area contributed by atoms with Crippen LogP contribution in [0.4, 0.5) is 0 Å². The first-order chi connectivity index (χ1) is 42.6. The predicted molar refractivity (Wildman–Crippen MR) is 355 cm³/mol. The minimum absolute atomic E-state index is 0.215. The molecule has 512 valence electrons. The molecule has 12 atom stereocenters. The average Bonchev–Trinajstić information content (AvgIpc) is 1.56. The van der Waals surface area contributed by atoms with Gasteiger partial charge in [-0.05, 0) is 51.4 Å². The average molecular weight is 1240 g/mol. The van der Waals surface area contributed by atoms with Gasteiger partial charge in [0.1, 0.15) is 48.8 Å². The molecule has 14 heteroatoms. The number of hydrogen-bond donors (Lipinski definition) is 9. The van der Waals surface area contributed by atoms with Gasteiger partial charge in [-0.3, -0.25) is 4.79 Å². The summed E-state index contributed by atoms with van der Waals surface area (Å²) >= 11 is 0. The number of hydrogen-bond acceptors (Lipinski definition) is 13. The fourth-order valence-corrected chi connectivity index (χ4v) is 12.2. The van der Waals surface area contributed by atoms with Gasteiger partial charge in [-0.1, -0.05) is 307 Å². The SMILES string of the molecule is CCCCCCC/C=C\C/C=C\C/C=C\CCCCCCCCC(=O)NC(COC1OC(CO)C(OC2OC(CO)C(O)C(O)C2O)C(O)C1O)C(O)CCCCCCCCCCCCCCCCCCCCCCCCCCCCCCCCCC. The summed E-state index contributed by atoms with van der Waals surface area (Å²) in [7, 11) is 0. The molecule has 12 unspecified atom stereocenters. The monoisotopic (exact) mass is 1240 g/mol. The van der Waals surface area contributed by atoms with Crippen molar-refractivity contribution < 1.29 is 64.6 Å². The van der Waals surface area contributed by atoms with Gasteiger partial charge in [0.2, 0.25) is 5.91 Å². The topological polar surface area (TPSA) is 228 Å². The third kappa shape index (κ3) is 42.1. The number of rotatable bonds is 61. The maximum atomic E-state index is 13.3. The molecule has 0 aromatic rings. The Morgan fingerprint density at radius 2 is 0.759 bits per heavy atom. The molecule has 0 bridgehead atoms. The van der Waals surface area contributed by atoms with Crippen LogP contribution in [0.15, 0.2) is 36.5 Å². The van der Waals surface area contributed by atoms with Gasteiger partial charge in [0.05, 0.1) is 32.0 Å². The molecule has 0 spiro atoms. The van der Waals surface area contributed by atoms with Crippen molar-refractivity contribution in [2.45, 2.75) is 402 Å². The zero-order chi connectivity index (χ0) is 63.1. The summed E-state index contributed by atoms with van der Waals surface area (Å²) in [6, 6.07) is -0.838. The first-order valence-corrected chi connectivity index (χ1v) is 36.7. The minimum atomic E-state index is -1.79. The van der Waals surface area contributed by atoms with Gasteiger partial charge in [0.25, 0.3) is 0 Å². The number of amides is 1. The van der Waals surface area contributed by atoms with E-state index in [-0.39, 0.29) is 12.5 Å². The Balaban J connectivity index is 1.64. The molecule has 87 heavy (non-hydrogen) atoms. The van der Waals surface area contributed by atoms with Crippen LogP contribution < -0.4 is 5.32 Å². The Hall–Kier alpha value is -1.79. The van der Waals surface area contributed by atoms with Crippen LogP contribution in [0.1, 0.15) is 328 Å². The second-order valence-corrected chi connectivity index (χ2v) is 26.1. The highest BCUT2D eigenvalue weighted by Crippen LogP contribution is 2.30. The first kappa shape index (κ1) is 81.3. The van der Waals surface area contributed by atoms with Crippen molar-refractivity contribution in [2.75, 3.05) is 19.8 Å². The van der Waals surface area contributed by atoms with E-state index in [0.717, 1.165) is 77.0 Å². The van der Waals surface area contributed by atoms with Crippen molar-refractivity contribution in [3.63, 3.8) is 0 Å². The largest absolute Gasteiger partial charge is 0.394 e. The van der Waals surface area contributed by atoms with Crippen LogP contribution >= 0.6 is 0 Å². The fraction of sp³-hybridized carbons (Fsp3) is 0.904. The third-order valence-electron chi connectivity index (χ3n) is 18.1. The molecule has 14 nitrogen and oxygen atoms in total. The standard InChI is InChI=1S/C73H137NO13/c1-3-5-7-9-11-13-15-17-19-21-23-25-26-27-28-29-30-31-32-33-34-35-37-38-40-42-44-46-48-50-52-54-56-62(77)61(60-84-72-70(83)68(81)71(64(59-76)86-72)87-73-69(82)67(80)66(79)63(58-75)85-73)74-65(78)57-55-53-51-49-47-45-43-41-39-36-24-22-20-18-16-14-12-10-8-6-4-2/h16,18,22,24,39,41,61-64,66-73,75-77,79-83H,3-15,17,19-21,23,25-38,40,42-60H2,1-2H3,(H,74,78)/b18-16-,24-22-,41-39-. The van der Waals surface area contributed by atoms with Crippen LogP contribution in [0.2, 0.25) is 0 Å². The lowest BCUT2D eigenvalue weighted by molar-refractivity contribution is -0.359. The van der Waals surface area contributed by atoms with Gasteiger partial charge in [0, 0.05) is 6.42 Å². The summed E-state index contributed by atoms with van der Waals surface area (Å²) in [5.41, 5.74) is 0. The van der Waals surface area contributed by atoms with Gasteiger partial charge in [-0.2, -0.15) is 0 Å². The fourth-order valence-electron chi connectivity index (χ4n) is 12.2. The quantitative estimate of drug-likeness (QED) is 0.0204.